The summed E-state index contributed by atoms with van der Waals surface area (Å²) in [6.07, 6.45) is 0. The Morgan fingerprint density at radius 3 is 2.44 bits per heavy atom. The third-order valence-corrected chi connectivity index (χ3v) is 4.79. The molecule has 130 valence electrons. The van der Waals surface area contributed by atoms with Crippen LogP contribution in [0.15, 0.2) is 59.6 Å². The van der Waals surface area contributed by atoms with Gasteiger partial charge in [0.25, 0.3) is 0 Å². The minimum atomic E-state index is 0.0458. The SMILES string of the molecule is CCOc1ccc(-c2c(C)sc(=NCCO)n2-c2ccccc2)cc1. The van der Waals surface area contributed by atoms with Crippen molar-refractivity contribution in [1.29, 1.82) is 0 Å². The number of aliphatic hydroxyl groups is 1. The molecular formula is C20H22N2O2S. The van der Waals surface area contributed by atoms with E-state index < -0.39 is 0 Å². The normalized spacial score (nSPS) is 11.7. The fourth-order valence-electron chi connectivity index (χ4n) is 2.76. The number of aromatic nitrogens is 1. The second kappa shape index (κ2) is 8.14. The molecule has 2 aromatic carbocycles. The summed E-state index contributed by atoms with van der Waals surface area (Å²) >= 11 is 1.64. The molecule has 0 unspecified atom stereocenters. The van der Waals surface area contributed by atoms with Crippen LogP contribution in [-0.2, 0) is 0 Å². The summed E-state index contributed by atoms with van der Waals surface area (Å²) in [6.45, 7) is 5.19. The molecule has 0 aliphatic rings. The number of hydrogen-bond acceptors (Lipinski definition) is 4. The van der Waals surface area contributed by atoms with E-state index in [0.717, 1.165) is 27.5 Å². The zero-order valence-corrected chi connectivity index (χ0v) is 15.3. The number of aryl methyl sites for hydroxylation is 1. The summed E-state index contributed by atoms with van der Waals surface area (Å²) < 4.78 is 7.71. The van der Waals surface area contributed by atoms with Crippen LogP contribution in [0.5, 0.6) is 5.75 Å². The van der Waals surface area contributed by atoms with Crippen molar-refractivity contribution in [2.45, 2.75) is 13.8 Å². The van der Waals surface area contributed by atoms with Crippen LogP contribution < -0.4 is 9.54 Å². The number of hydrogen-bond donors (Lipinski definition) is 1. The lowest BCUT2D eigenvalue weighted by Crippen LogP contribution is -2.15. The molecule has 0 aliphatic carbocycles. The maximum absolute atomic E-state index is 9.15. The Bertz CT molecular complexity index is 880. The quantitative estimate of drug-likeness (QED) is 0.732. The van der Waals surface area contributed by atoms with Crippen molar-refractivity contribution < 1.29 is 9.84 Å². The van der Waals surface area contributed by atoms with Crippen LogP contribution in [0.3, 0.4) is 0 Å². The molecular weight excluding hydrogens is 332 g/mol. The predicted molar refractivity (Wildman–Crippen MR) is 103 cm³/mol. The lowest BCUT2D eigenvalue weighted by Gasteiger charge is -2.11. The molecule has 1 heterocycles. The molecule has 5 heteroatoms. The molecule has 0 aliphatic heterocycles. The predicted octanol–water partition coefficient (Wildman–Crippen LogP) is 3.81. The summed E-state index contributed by atoms with van der Waals surface area (Å²) in [5.41, 5.74) is 3.30. The maximum atomic E-state index is 9.15. The molecule has 0 saturated heterocycles. The molecule has 3 aromatic rings. The lowest BCUT2D eigenvalue weighted by atomic mass is 10.1. The molecule has 4 nitrogen and oxygen atoms in total. The number of para-hydroxylation sites is 1. The van der Waals surface area contributed by atoms with Crippen molar-refractivity contribution in [2.75, 3.05) is 19.8 Å². The summed E-state index contributed by atoms with van der Waals surface area (Å²) in [5.74, 6) is 0.871. The average molecular weight is 354 g/mol. The topological polar surface area (TPSA) is 46.8 Å². The summed E-state index contributed by atoms with van der Waals surface area (Å²) in [5, 5.41) is 9.15. The minimum Gasteiger partial charge on any atom is -0.494 e. The Kier molecular flexibility index (Phi) is 5.68. The standard InChI is InChI=1S/C20H22N2O2S/c1-3-24-18-11-9-16(10-12-18)19-15(2)25-20(21-13-14-23)22(19)17-7-5-4-6-8-17/h4-12,23H,3,13-14H2,1-2H3. The number of rotatable bonds is 6. The van der Waals surface area contributed by atoms with Crippen molar-refractivity contribution in [1.82, 2.24) is 4.57 Å². The van der Waals surface area contributed by atoms with Crippen LogP contribution in [0.1, 0.15) is 11.8 Å². The molecule has 0 spiro atoms. The fourth-order valence-corrected chi connectivity index (χ4v) is 3.78. The van der Waals surface area contributed by atoms with E-state index in [9.17, 15) is 0 Å². The van der Waals surface area contributed by atoms with Gasteiger partial charge in [-0.25, -0.2) is 0 Å². The molecule has 25 heavy (non-hydrogen) atoms. The molecule has 0 atom stereocenters. The van der Waals surface area contributed by atoms with Gasteiger partial charge in [0, 0.05) is 10.6 Å². The first-order valence-corrected chi connectivity index (χ1v) is 9.18. The summed E-state index contributed by atoms with van der Waals surface area (Å²) in [4.78, 5) is 6.64. The van der Waals surface area contributed by atoms with Gasteiger partial charge < -0.3 is 9.84 Å². The van der Waals surface area contributed by atoms with E-state index in [1.54, 1.807) is 11.3 Å². The molecule has 0 fully saturated rings. The van der Waals surface area contributed by atoms with Crippen LogP contribution >= 0.6 is 11.3 Å². The van der Waals surface area contributed by atoms with Crippen molar-refractivity contribution in [3.8, 4) is 22.7 Å². The number of ether oxygens (including phenoxy) is 1. The second-order valence-corrected chi connectivity index (χ2v) is 6.70. The van der Waals surface area contributed by atoms with E-state index in [1.807, 2.05) is 37.3 Å². The number of thiazole rings is 1. The highest BCUT2D eigenvalue weighted by Gasteiger charge is 2.14. The number of benzene rings is 2. The Hall–Kier alpha value is -2.37. The van der Waals surface area contributed by atoms with Crippen LogP contribution in [-0.4, -0.2) is 29.4 Å². The minimum absolute atomic E-state index is 0.0458. The van der Waals surface area contributed by atoms with Crippen LogP contribution in [0.2, 0.25) is 0 Å². The van der Waals surface area contributed by atoms with E-state index in [2.05, 4.69) is 40.7 Å². The zero-order chi connectivity index (χ0) is 17.6. The molecule has 0 bridgehead atoms. The van der Waals surface area contributed by atoms with Gasteiger partial charge in [0.15, 0.2) is 4.80 Å². The van der Waals surface area contributed by atoms with Crippen molar-refractivity contribution in [2.24, 2.45) is 4.99 Å². The van der Waals surface area contributed by atoms with Gasteiger partial charge in [-0.3, -0.25) is 9.56 Å². The van der Waals surface area contributed by atoms with E-state index in [-0.39, 0.29) is 6.61 Å². The lowest BCUT2D eigenvalue weighted by molar-refractivity contribution is 0.305. The van der Waals surface area contributed by atoms with Crippen molar-refractivity contribution >= 4 is 11.3 Å². The van der Waals surface area contributed by atoms with Gasteiger partial charge in [0.2, 0.25) is 0 Å². The van der Waals surface area contributed by atoms with Crippen molar-refractivity contribution in [3.05, 3.63) is 64.3 Å². The largest absolute Gasteiger partial charge is 0.494 e. The van der Waals surface area contributed by atoms with Crippen LogP contribution in [0, 0.1) is 6.92 Å². The van der Waals surface area contributed by atoms with Gasteiger partial charge in [-0.2, -0.15) is 0 Å². The summed E-state index contributed by atoms with van der Waals surface area (Å²) in [6, 6.07) is 18.3. The van der Waals surface area contributed by atoms with E-state index >= 15 is 0 Å². The van der Waals surface area contributed by atoms with Crippen molar-refractivity contribution in [3.63, 3.8) is 0 Å². The highest BCUT2D eigenvalue weighted by Crippen LogP contribution is 2.29. The van der Waals surface area contributed by atoms with Gasteiger partial charge >= 0.3 is 0 Å². The van der Waals surface area contributed by atoms with Gasteiger partial charge in [-0.1, -0.05) is 18.2 Å². The Morgan fingerprint density at radius 1 is 1.08 bits per heavy atom. The van der Waals surface area contributed by atoms with Gasteiger partial charge in [-0.05, 0) is 55.8 Å². The second-order valence-electron chi connectivity index (χ2n) is 5.52. The maximum Gasteiger partial charge on any atom is 0.190 e. The summed E-state index contributed by atoms with van der Waals surface area (Å²) in [7, 11) is 0. The molecule has 3 rings (SSSR count). The van der Waals surface area contributed by atoms with E-state index in [0.29, 0.717) is 13.2 Å². The Balaban J connectivity index is 2.17. The zero-order valence-electron chi connectivity index (χ0n) is 14.5. The smallest absolute Gasteiger partial charge is 0.190 e. The Labute approximate surface area is 151 Å². The van der Waals surface area contributed by atoms with Gasteiger partial charge in [-0.15, -0.1) is 11.3 Å². The van der Waals surface area contributed by atoms with Crippen LogP contribution in [0.25, 0.3) is 16.9 Å². The molecule has 0 saturated carbocycles. The third-order valence-electron chi connectivity index (χ3n) is 3.79. The van der Waals surface area contributed by atoms with Gasteiger partial charge in [0.05, 0.1) is 25.5 Å². The van der Waals surface area contributed by atoms with Gasteiger partial charge in [0.1, 0.15) is 5.75 Å². The molecule has 0 radical (unpaired) electrons. The van der Waals surface area contributed by atoms with Crippen LogP contribution in [0.4, 0.5) is 0 Å². The number of aliphatic hydroxyl groups excluding tert-OH is 1. The fraction of sp³-hybridized carbons (Fsp3) is 0.250. The van der Waals surface area contributed by atoms with E-state index in [1.165, 1.54) is 4.88 Å². The Morgan fingerprint density at radius 2 is 1.80 bits per heavy atom. The highest BCUT2D eigenvalue weighted by molar-refractivity contribution is 7.09. The highest BCUT2D eigenvalue weighted by atomic mass is 32.1. The monoisotopic (exact) mass is 354 g/mol. The third kappa shape index (κ3) is 3.83. The first-order valence-electron chi connectivity index (χ1n) is 8.37. The first kappa shape index (κ1) is 17.5. The molecule has 0 amide bonds. The average Bonchev–Trinajstić information content (AvgIpc) is 2.98. The number of nitrogens with zero attached hydrogens (tertiary/aromatic N) is 2. The molecule has 1 N–H and O–H groups in total. The molecule has 1 aromatic heterocycles. The van der Waals surface area contributed by atoms with E-state index in [4.69, 9.17) is 9.84 Å². The first-order chi connectivity index (χ1) is 12.2.